The SMILES string of the molecule is COc1ccc(-c2nc3c(ccc4ncccc43)[nH]2)cc1. The third-order valence-electron chi connectivity index (χ3n) is 3.60. The number of benzene rings is 2. The number of pyridine rings is 1. The minimum atomic E-state index is 0.838. The van der Waals surface area contributed by atoms with Gasteiger partial charge < -0.3 is 9.72 Å². The summed E-state index contributed by atoms with van der Waals surface area (Å²) in [5.74, 6) is 1.69. The first-order chi connectivity index (χ1) is 10.3. The smallest absolute Gasteiger partial charge is 0.138 e. The monoisotopic (exact) mass is 275 g/mol. The Morgan fingerprint density at radius 1 is 1.00 bits per heavy atom. The van der Waals surface area contributed by atoms with Crippen LogP contribution in [-0.4, -0.2) is 22.1 Å². The highest BCUT2D eigenvalue weighted by Gasteiger charge is 2.08. The molecule has 0 aliphatic carbocycles. The minimum absolute atomic E-state index is 0.838. The number of aromatic nitrogens is 3. The van der Waals surface area contributed by atoms with Crippen molar-refractivity contribution in [3.8, 4) is 17.1 Å². The highest BCUT2D eigenvalue weighted by molar-refractivity contribution is 6.03. The summed E-state index contributed by atoms with van der Waals surface area (Å²) in [6, 6.07) is 15.9. The Kier molecular flexibility index (Phi) is 2.60. The number of rotatable bonds is 2. The van der Waals surface area contributed by atoms with E-state index >= 15 is 0 Å². The molecule has 1 N–H and O–H groups in total. The lowest BCUT2D eigenvalue weighted by molar-refractivity contribution is 0.415. The number of fused-ring (bicyclic) bond motifs is 3. The molecule has 102 valence electrons. The molecule has 4 aromatic rings. The molecule has 0 unspecified atom stereocenters. The Morgan fingerprint density at radius 2 is 1.86 bits per heavy atom. The molecule has 0 saturated heterocycles. The number of ether oxygens (including phenoxy) is 1. The van der Waals surface area contributed by atoms with Crippen LogP contribution in [0, 0.1) is 0 Å². The highest BCUT2D eigenvalue weighted by atomic mass is 16.5. The number of nitrogens with zero attached hydrogens (tertiary/aromatic N) is 2. The van der Waals surface area contributed by atoms with Crippen molar-refractivity contribution >= 4 is 21.9 Å². The second-order valence-corrected chi connectivity index (χ2v) is 4.85. The summed E-state index contributed by atoms with van der Waals surface area (Å²) in [6.07, 6.45) is 1.80. The van der Waals surface area contributed by atoms with Crippen molar-refractivity contribution in [1.29, 1.82) is 0 Å². The maximum atomic E-state index is 5.18. The Morgan fingerprint density at radius 3 is 2.67 bits per heavy atom. The van der Waals surface area contributed by atoms with E-state index in [0.717, 1.165) is 39.1 Å². The predicted molar refractivity (Wildman–Crippen MR) is 83.4 cm³/mol. The maximum Gasteiger partial charge on any atom is 0.138 e. The summed E-state index contributed by atoms with van der Waals surface area (Å²) in [4.78, 5) is 12.5. The Bertz CT molecular complexity index is 926. The molecule has 2 heterocycles. The van der Waals surface area contributed by atoms with Gasteiger partial charge in [0.15, 0.2) is 0 Å². The van der Waals surface area contributed by atoms with Crippen LogP contribution in [0.5, 0.6) is 5.75 Å². The van der Waals surface area contributed by atoms with Crippen molar-refractivity contribution in [3.63, 3.8) is 0 Å². The van der Waals surface area contributed by atoms with E-state index in [9.17, 15) is 0 Å². The topological polar surface area (TPSA) is 50.8 Å². The minimum Gasteiger partial charge on any atom is -0.497 e. The van der Waals surface area contributed by atoms with E-state index in [-0.39, 0.29) is 0 Å². The first-order valence-corrected chi connectivity index (χ1v) is 6.73. The van der Waals surface area contributed by atoms with Crippen LogP contribution in [0.15, 0.2) is 54.7 Å². The van der Waals surface area contributed by atoms with Gasteiger partial charge in [-0.25, -0.2) is 4.98 Å². The van der Waals surface area contributed by atoms with Gasteiger partial charge in [0.1, 0.15) is 11.6 Å². The molecule has 4 rings (SSSR count). The zero-order valence-electron chi connectivity index (χ0n) is 11.5. The molecule has 2 aromatic carbocycles. The summed E-state index contributed by atoms with van der Waals surface area (Å²) < 4.78 is 5.18. The van der Waals surface area contributed by atoms with Crippen LogP contribution >= 0.6 is 0 Å². The van der Waals surface area contributed by atoms with Crippen LogP contribution in [0.25, 0.3) is 33.3 Å². The predicted octanol–water partition coefficient (Wildman–Crippen LogP) is 3.79. The van der Waals surface area contributed by atoms with Crippen LogP contribution in [0.3, 0.4) is 0 Å². The molecule has 4 nitrogen and oxygen atoms in total. The molecule has 0 amide bonds. The third-order valence-corrected chi connectivity index (χ3v) is 3.60. The Balaban J connectivity index is 1.91. The van der Waals surface area contributed by atoms with Crippen molar-refractivity contribution in [2.45, 2.75) is 0 Å². The Hall–Kier alpha value is -2.88. The zero-order chi connectivity index (χ0) is 14.2. The van der Waals surface area contributed by atoms with Crippen molar-refractivity contribution in [2.75, 3.05) is 7.11 Å². The molecule has 0 spiro atoms. The van der Waals surface area contributed by atoms with E-state index in [0.29, 0.717) is 0 Å². The fourth-order valence-corrected chi connectivity index (χ4v) is 2.51. The van der Waals surface area contributed by atoms with Gasteiger partial charge in [-0.1, -0.05) is 0 Å². The summed E-state index contributed by atoms with van der Waals surface area (Å²) in [5, 5.41) is 1.06. The molecule has 0 saturated carbocycles. The van der Waals surface area contributed by atoms with Gasteiger partial charge in [0.2, 0.25) is 0 Å². The molecule has 0 aliphatic rings. The molecular formula is C17H13N3O. The van der Waals surface area contributed by atoms with E-state index in [1.807, 2.05) is 48.5 Å². The quantitative estimate of drug-likeness (QED) is 0.605. The number of nitrogens with one attached hydrogen (secondary N) is 1. The number of aromatic amines is 1. The zero-order valence-corrected chi connectivity index (χ0v) is 11.5. The van der Waals surface area contributed by atoms with Gasteiger partial charge in [0.05, 0.1) is 23.7 Å². The first kappa shape index (κ1) is 11.9. The molecule has 0 aliphatic heterocycles. The molecule has 4 heteroatoms. The molecule has 0 radical (unpaired) electrons. The summed E-state index contributed by atoms with van der Waals surface area (Å²) in [5.41, 5.74) is 3.95. The van der Waals surface area contributed by atoms with E-state index in [4.69, 9.17) is 9.72 Å². The van der Waals surface area contributed by atoms with Gasteiger partial charge in [-0.2, -0.15) is 0 Å². The van der Waals surface area contributed by atoms with Crippen LogP contribution in [0.1, 0.15) is 0 Å². The van der Waals surface area contributed by atoms with Crippen LogP contribution in [0.2, 0.25) is 0 Å². The number of hydrogen-bond donors (Lipinski definition) is 1. The summed E-state index contributed by atoms with van der Waals surface area (Å²) in [6.45, 7) is 0. The molecular weight excluding hydrogens is 262 g/mol. The summed E-state index contributed by atoms with van der Waals surface area (Å²) in [7, 11) is 1.66. The number of methoxy groups -OCH3 is 1. The normalized spacial score (nSPS) is 11.1. The van der Waals surface area contributed by atoms with Crippen molar-refractivity contribution in [2.24, 2.45) is 0 Å². The molecule has 0 bridgehead atoms. The fraction of sp³-hybridized carbons (Fsp3) is 0.0588. The van der Waals surface area contributed by atoms with Gasteiger partial charge in [0.25, 0.3) is 0 Å². The van der Waals surface area contributed by atoms with Crippen molar-refractivity contribution in [1.82, 2.24) is 15.0 Å². The number of H-pyrrole nitrogens is 1. The lowest BCUT2D eigenvalue weighted by Crippen LogP contribution is -1.83. The standard InChI is InChI=1S/C17H13N3O/c1-21-12-6-4-11(5-7-12)17-19-15-9-8-14-13(16(15)20-17)3-2-10-18-14/h2-10H,1H3,(H,19,20). The van der Waals surface area contributed by atoms with Gasteiger partial charge in [0, 0.05) is 17.1 Å². The van der Waals surface area contributed by atoms with Gasteiger partial charge in [-0.3, -0.25) is 4.98 Å². The molecule has 0 fully saturated rings. The number of hydrogen-bond acceptors (Lipinski definition) is 3. The second kappa shape index (κ2) is 4.59. The lowest BCUT2D eigenvalue weighted by atomic mass is 10.2. The van der Waals surface area contributed by atoms with E-state index in [1.165, 1.54) is 0 Å². The molecule has 0 atom stereocenters. The van der Waals surface area contributed by atoms with Gasteiger partial charge in [-0.15, -0.1) is 0 Å². The molecule has 21 heavy (non-hydrogen) atoms. The fourth-order valence-electron chi connectivity index (χ4n) is 2.51. The average molecular weight is 275 g/mol. The lowest BCUT2D eigenvalue weighted by Gasteiger charge is -2.00. The highest BCUT2D eigenvalue weighted by Crippen LogP contribution is 2.26. The molecule has 2 aromatic heterocycles. The van der Waals surface area contributed by atoms with Crippen LogP contribution in [-0.2, 0) is 0 Å². The van der Waals surface area contributed by atoms with Crippen LogP contribution < -0.4 is 4.74 Å². The second-order valence-electron chi connectivity index (χ2n) is 4.85. The van der Waals surface area contributed by atoms with Gasteiger partial charge in [-0.05, 0) is 48.5 Å². The van der Waals surface area contributed by atoms with E-state index < -0.39 is 0 Å². The Labute approximate surface area is 121 Å². The van der Waals surface area contributed by atoms with Crippen molar-refractivity contribution < 1.29 is 4.74 Å². The van der Waals surface area contributed by atoms with Crippen LogP contribution in [0.4, 0.5) is 0 Å². The first-order valence-electron chi connectivity index (χ1n) is 6.73. The average Bonchev–Trinajstić information content (AvgIpc) is 2.99. The van der Waals surface area contributed by atoms with E-state index in [2.05, 4.69) is 9.97 Å². The van der Waals surface area contributed by atoms with Crippen molar-refractivity contribution in [3.05, 3.63) is 54.7 Å². The van der Waals surface area contributed by atoms with E-state index in [1.54, 1.807) is 13.3 Å². The third kappa shape index (κ3) is 1.92. The van der Waals surface area contributed by atoms with Gasteiger partial charge >= 0.3 is 0 Å². The maximum absolute atomic E-state index is 5.18. The largest absolute Gasteiger partial charge is 0.497 e. The number of imidazole rings is 1. The summed E-state index contributed by atoms with van der Waals surface area (Å²) >= 11 is 0.